The number of carbonyl (C=O) groups is 1. The molecule has 0 unspecified atom stereocenters. The van der Waals surface area contributed by atoms with E-state index in [9.17, 15) is 4.79 Å². The van der Waals surface area contributed by atoms with Crippen molar-refractivity contribution in [2.24, 2.45) is 5.92 Å². The second kappa shape index (κ2) is 4.41. The molecular formula is C17H16O. The number of benzene rings is 2. The number of hydrogen-bond acceptors (Lipinski definition) is 1. The molecule has 3 rings (SSSR count). The Hall–Kier alpha value is -1.89. The summed E-state index contributed by atoms with van der Waals surface area (Å²) in [6, 6.07) is 16.3. The summed E-state index contributed by atoms with van der Waals surface area (Å²) < 4.78 is 0. The van der Waals surface area contributed by atoms with Crippen molar-refractivity contribution in [3.05, 3.63) is 70.8 Å². The van der Waals surface area contributed by atoms with Crippen LogP contribution in [0.15, 0.2) is 48.5 Å². The summed E-state index contributed by atoms with van der Waals surface area (Å²) in [4.78, 5) is 12.4. The van der Waals surface area contributed by atoms with E-state index in [1.165, 1.54) is 16.7 Å². The fraction of sp³-hybridized carbons (Fsp3) is 0.235. The van der Waals surface area contributed by atoms with Crippen LogP contribution < -0.4 is 0 Å². The number of rotatable bonds is 2. The highest BCUT2D eigenvalue weighted by Gasteiger charge is 2.27. The van der Waals surface area contributed by atoms with Crippen molar-refractivity contribution in [1.29, 1.82) is 0 Å². The van der Waals surface area contributed by atoms with Crippen LogP contribution in [0.3, 0.4) is 0 Å². The fourth-order valence-electron chi connectivity index (χ4n) is 2.70. The van der Waals surface area contributed by atoms with E-state index in [-0.39, 0.29) is 11.7 Å². The molecular weight excluding hydrogens is 220 g/mol. The first-order chi connectivity index (χ1) is 8.74. The topological polar surface area (TPSA) is 17.1 Å². The van der Waals surface area contributed by atoms with Gasteiger partial charge in [-0.1, -0.05) is 54.1 Å². The maximum Gasteiger partial charge on any atom is 0.166 e. The standard InChI is InChI=1S/C17H16O/c1-12-6-8-13(9-7-12)17(18)16-10-14-4-2-3-5-15(14)11-16/h2-9,16H,10-11H2,1H3. The monoisotopic (exact) mass is 236 g/mol. The summed E-state index contributed by atoms with van der Waals surface area (Å²) in [7, 11) is 0. The first-order valence-electron chi connectivity index (χ1n) is 6.42. The second-order valence-electron chi connectivity index (χ2n) is 5.10. The van der Waals surface area contributed by atoms with E-state index in [2.05, 4.69) is 24.3 Å². The van der Waals surface area contributed by atoms with Crippen molar-refractivity contribution in [2.75, 3.05) is 0 Å². The molecule has 0 radical (unpaired) electrons. The molecule has 1 aliphatic carbocycles. The maximum absolute atomic E-state index is 12.4. The number of aryl methyl sites for hydroxylation is 1. The van der Waals surface area contributed by atoms with Crippen molar-refractivity contribution in [2.45, 2.75) is 19.8 Å². The molecule has 0 bridgehead atoms. The van der Waals surface area contributed by atoms with Crippen molar-refractivity contribution < 1.29 is 4.79 Å². The van der Waals surface area contributed by atoms with Gasteiger partial charge in [0.1, 0.15) is 0 Å². The van der Waals surface area contributed by atoms with E-state index in [0.717, 1.165) is 18.4 Å². The molecule has 90 valence electrons. The maximum atomic E-state index is 12.4. The molecule has 2 aromatic rings. The van der Waals surface area contributed by atoms with Crippen molar-refractivity contribution in [1.82, 2.24) is 0 Å². The lowest BCUT2D eigenvalue weighted by molar-refractivity contribution is 0.0925. The second-order valence-corrected chi connectivity index (χ2v) is 5.10. The lowest BCUT2D eigenvalue weighted by Gasteiger charge is -2.08. The Morgan fingerprint density at radius 3 is 2.06 bits per heavy atom. The third-order valence-corrected chi connectivity index (χ3v) is 3.76. The van der Waals surface area contributed by atoms with Crippen LogP contribution in [0.5, 0.6) is 0 Å². The summed E-state index contributed by atoms with van der Waals surface area (Å²) >= 11 is 0. The highest BCUT2D eigenvalue weighted by atomic mass is 16.1. The van der Waals surface area contributed by atoms with Gasteiger partial charge >= 0.3 is 0 Å². The molecule has 0 aromatic heterocycles. The van der Waals surface area contributed by atoms with Gasteiger partial charge in [-0.3, -0.25) is 4.79 Å². The Morgan fingerprint density at radius 2 is 1.50 bits per heavy atom. The van der Waals surface area contributed by atoms with Gasteiger partial charge in [-0.2, -0.15) is 0 Å². The Kier molecular flexibility index (Phi) is 2.75. The summed E-state index contributed by atoms with van der Waals surface area (Å²) in [5.74, 6) is 0.413. The number of hydrogen-bond donors (Lipinski definition) is 0. The van der Waals surface area contributed by atoms with Crippen LogP contribution in [0, 0.1) is 12.8 Å². The quantitative estimate of drug-likeness (QED) is 0.728. The molecule has 1 aliphatic rings. The average Bonchev–Trinajstić information content (AvgIpc) is 2.82. The van der Waals surface area contributed by atoms with Gasteiger partial charge in [0.15, 0.2) is 5.78 Å². The minimum atomic E-state index is 0.130. The summed E-state index contributed by atoms with van der Waals surface area (Å²) in [6.45, 7) is 2.04. The van der Waals surface area contributed by atoms with E-state index in [1.807, 2.05) is 31.2 Å². The third kappa shape index (κ3) is 1.97. The van der Waals surface area contributed by atoms with Crippen LogP contribution in [-0.4, -0.2) is 5.78 Å². The molecule has 0 aliphatic heterocycles. The predicted molar refractivity (Wildman–Crippen MR) is 72.8 cm³/mol. The SMILES string of the molecule is Cc1ccc(C(=O)C2Cc3ccccc3C2)cc1. The number of fused-ring (bicyclic) bond motifs is 1. The largest absolute Gasteiger partial charge is 0.294 e. The van der Waals surface area contributed by atoms with Gasteiger partial charge in [-0.15, -0.1) is 0 Å². The van der Waals surface area contributed by atoms with E-state index >= 15 is 0 Å². The number of Topliss-reactive ketones (excluding diaryl/α,β-unsaturated/α-hetero) is 1. The van der Waals surface area contributed by atoms with Crippen molar-refractivity contribution >= 4 is 5.78 Å². The Labute approximate surface area is 107 Å². The van der Waals surface area contributed by atoms with Crippen LogP contribution in [0.2, 0.25) is 0 Å². The highest BCUT2D eigenvalue weighted by Crippen LogP contribution is 2.28. The zero-order chi connectivity index (χ0) is 12.5. The Bertz CT molecular complexity index is 556. The number of ketones is 1. The van der Waals surface area contributed by atoms with Gasteiger partial charge in [0, 0.05) is 11.5 Å². The van der Waals surface area contributed by atoms with Crippen LogP contribution in [0.4, 0.5) is 0 Å². The number of carbonyl (C=O) groups excluding carboxylic acids is 1. The molecule has 0 spiro atoms. The van der Waals surface area contributed by atoms with E-state index in [1.54, 1.807) is 0 Å². The zero-order valence-electron chi connectivity index (χ0n) is 10.5. The summed E-state index contributed by atoms with van der Waals surface area (Å²) in [5.41, 5.74) is 4.71. The predicted octanol–water partition coefficient (Wildman–Crippen LogP) is 3.59. The van der Waals surface area contributed by atoms with Gasteiger partial charge in [-0.25, -0.2) is 0 Å². The molecule has 0 amide bonds. The fourth-order valence-corrected chi connectivity index (χ4v) is 2.70. The minimum Gasteiger partial charge on any atom is -0.294 e. The van der Waals surface area contributed by atoms with Gasteiger partial charge in [0.2, 0.25) is 0 Å². The molecule has 1 heteroatoms. The molecule has 0 heterocycles. The lowest BCUT2D eigenvalue weighted by atomic mass is 9.94. The van der Waals surface area contributed by atoms with Crippen LogP contribution in [0.1, 0.15) is 27.0 Å². The first kappa shape index (κ1) is 11.2. The molecule has 0 atom stereocenters. The highest BCUT2D eigenvalue weighted by molar-refractivity contribution is 5.98. The molecule has 0 saturated heterocycles. The molecule has 2 aromatic carbocycles. The molecule has 18 heavy (non-hydrogen) atoms. The average molecular weight is 236 g/mol. The Balaban J connectivity index is 1.82. The molecule has 1 nitrogen and oxygen atoms in total. The summed E-state index contributed by atoms with van der Waals surface area (Å²) in [6.07, 6.45) is 1.78. The zero-order valence-corrected chi connectivity index (χ0v) is 10.5. The van der Waals surface area contributed by atoms with Gasteiger partial charge in [0.05, 0.1) is 0 Å². The normalized spacial score (nSPS) is 14.5. The minimum absolute atomic E-state index is 0.130. The first-order valence-corrected chi connectivity index (χ1v) is 6.42. The van der Waals surface area contributed by atoms with Crippen LogP contribution >= 0.6 is 0 Å². The Morgan fingerprint density at radius 1 is 0.944 bits per heavy atom. The van der Waals surface area contributed by atoms with Crippen molar-refractivity contribution in [3.63, 3.8) is 0 Å². The smallest absolute Gasteiger partial charge is 0.166 e. The van der Waals surface area contributed by atoms with Crippen LogP contribution in [0.25, 0.3) is 0 Å². The van der Waals surface area contributed by atoms with E-state index in [4.69, 9.17) is 0 Å². The van der Waals surface area contributed by atoms with E-state index in [0.29, 0.717) is 0 Å². The molecule has 0 saturated carbocycles. The van der Waals surface area contributed by atoms with Crippen LogP contribution in [-0.2, 0) is 12.8 Å². The molecule has 0 fully saturated rings. The van der Waals surface area contributed by atoms with Crippen molar-refractivity contribution in [3.8, 4) is 0 Å². The summed E-state index contributed by atoms with van der Waals surface area (Å²) in [5, 5.41) is 0. The van der Waals surface area contributed by atoms with Gasteiger partial charge in [0.25, 0.3) is 0 Å². The van der Waals surface area contributed by atoms with E-state index < -0.39 is 0 Å². The lowest BCUT2D eigenvalue weighted by Crippen LogP contribution is -2.14. The van der Waals surface area contributed by atoms with Gasteiger partial charge < -0.3 is 0 Å². The van der Waals surface area contributed by atoms with Gasteiger partial charge in [-0.05, 0) is 30.9 Å². The third-order valence-electron chi connectivity index (χ3n) is 3.76. The molecule has 0 N–H and O–H groups in total.